The van der Waals surface area contributed by atoms with E-state index in [4.69, 9.17) is 5.73 Å². The fourth-order valence-electron chi connectivity index (χ4n) is 1.26. The number of nitrogens with zero attached hydrogens (tertiary/aromatic N) is 1. The van der Waals surface area contributed by atoms with Crippen molar-refractivity contribution in [1.29, 1.82) is 0 Å². The Hall–Kier alpha value is -0.220. The summed E-state index contributed by atoms with van der Waals surface area (Å²) in [6.45, 7) is 4.92. The highest BCUT2D eigenvalue weighted by Gasteiger charge is 2.16. The van der Waals surface area contributed by atoms with Gasteiger partial charge in [0.2, 0.25) is 5.91 Å². The molecule has 1 rings (SSSR count). The van der Waals surface area contributed by atoms with Gasteiger partial charge in [0.15, 0.2) is 0 Å². The van der Waals surface area contributed by atoms with Crippen LogP contribution in [0.1, 0.15) is 6.92 Å². The van der Waals surface area contributed by atoms with E-state index in [1.807, 2.05) is 18.7 Å². The van der Waals surface area contributed by atoms with Gasteiger partial charge in [0.1, 0.15) is 0 Å². The molecule has 0 aromatic carbocycles. The number of nitrogens with two attached hydrogens (primary N) is 1. The van der Waals surface area contributed by atoms with E-state index < -0.39 is 0 Å². The molecule has 0 bridgehead atoms. The second kappa shape index (κ2) is 4.72. The van der Waals surface area contributed by atoms with Gasteiger partial charge in [-0.2, -0.15) is 11.8 Å². The van der Waals surface area contributed by atoms with Crippen molar-refractivity contribution in [2.24, 2.45) is 11.7 Å². The monoisotopic (exact) mass is 188 g/mol. The quantitative estimate of drug-likeness (QED) is 0.686. The summed E-state index contributed by atoms with van der Waals surface area (Å²) in [6.07, 6.45) is 0. The van der Waals surface area contributed by atoms with Crippen LogP contribution in [0.15, 0.2) is 0 Å². The van der Waals surface area contributed by atoms with E-state index in [0.29, 0.717) is 0 Å². The van der Waals surface area contributed by atoms with Crippen LogP contribution in [0.5, 0.6) is 0 Å². The van der Waals surface area contributed by atoms with Crippen molar-refractivity contribution in [3.8, 4) is 0 Å². The van der Waals surface area contributed by atoms with Gasteiger partial charge >= 0.3 is 0 Å². The number of amides is 1. The van der Waals surface area contributed by atoms with Crippen LogP contribution in [0.25, 0.3) is 0 Å². The van der Waals surface area contributed by atoms with Crippen molar-refractivity contribution in [2.45, 2.75) is 6.92 Å². The first-order valence-electron chi connectivity index (χ1n) is 4.29. The number of carbonyl (C=O) groups excluding carboxylic acids is 1. The predicted molar refractivity (Wildman–Crippen MR) is 52.1 cm³/mol. The van der Waals surface area contributed by atoms with E-state index in [0.717, 1.165) is 19.6 Å². The lowest BCUT2D eigenvalue weighted by Gasteiger charge is -2.27. The van der Waals surface area contributed by atoms with E-state index in [9.17, 15) is 4.79 Å². The first-order valence-corrected chi connectivity index (χ1v) is 5.45. The van der Waals surface area contributed by atoms with Gasteiger partial charge in [0, 0.05) is 37.1 Å². The summed E-state index contributed by atoms with van der Waals surface area (Å²) >= 11 is 1.98. The molecule has 0 radical (unpaired) electrons. The summed E-state index contributed by atoms with van der Waals surface area (Å²) in [6, 6.07) is 0. The molecule has 0 aliphatic carbocycles. The maximum absolute atomic E-state index is 10.8. The Morgan fingerprint density at radius 3 is 2.67 bits per heavy atom. The van der Waals surface area contributed by atoms with Crippen LogP contribution < -0.4 is 5.73 Å². The number of carbonyl (C=O) groups is 1. The first-order chi connectivity index (χ1) is 5.70. The van der Waals surface area contributed by atoms with E-state index in [1.165, 1.54) is 11.5 Å². The average Bonchev–Trinajstić information content (AvgIpc) is 2.06. The van der Waals surface area contributed by atoms with Crippen LogP contribution in [-0.2, 0) is 4.79 Å². The molecule has 1 saturated heterocycles. The molecule has 1 fully saturated rings. The molecule has 1 heterocycles. The fraction of sp³-hybridized carbons (Fsp3) is 0.875. The minimum atomic E-state index is -0.187. The smallest absolute Gasteiger partial charge is 0.221 e. The first kappa shape index (κ1) is 9.86. The highest BCUT2D eigenvalue weighted by atomic mass is 32.2. The SMILES string of the molecule is CC(CN1CCSCC1)C(N)=O. The van der Waals surface area contributed by atoms with E-state index >= 15 is 0 Å². The Labute approximate surface area is 77.7 Å². The number of hydrogen-bond acceptors (Lipinski definition) is 3. The molecular weight excluding hydrogens is 172 g/mol. The molecule has 0 spiro atoms. The van der Waals surface area contributed by atoms with Crippen molar-refractivity contribution in [2.75, 3.05) is 31.1 Å². The second-order valence-corrected chi connectivity index (χ2v) is 4.44. The molecule has 12 heavy (non-hydrogen) atoms. The normalized spacial score (nSPS) is 22.1. The van der Waals surface area contributed by atoms with Crippen molar-refractivity contribution in [1.82, 2.24) is 4.90 Å². The van der Waals surface area contributed by atoms with Gasteiger partial charge < -0.3 is 10.6 Å². The van der Waals surface area contributed by atoms with E-state index in [1.54, 1.807) is 0 Å². The summed E-state index contributed by atoms with van der Waals surface area (Å²) < 4.78 is 0. The third-order valence-electron chi connectivity index (χ3n) is 2.12. The molecule has 0 saturated carbocycles. The van der Waals surface area contributed by atoms with Gasteiger partial charge in [-0.05, 0) is 0 Å². The number of thioether (sulfide) groups is 1. The molecule has 1 amide bonds. The number of hydrogen-bond donors (Lipinski definition) is 1. The predicted octanol–water partition coefficient (Wildman–Crippen LogP) is 0.157. The van der Waals surface area contributed by atoms with Crippen LogP contribution in [-0.4, -0.2) is 41.9 Å². The molecule has 2 N–H and O–H groups in total. The summed E-state index contributed by atoms with van der Waals surface area (Å²) in [5, 5.41) is 0. The molecule has 1 aliphatic heterocycles. The fourth-order valence-corrected chi connectivity index (χ4v) is 2.24. The van der Waals surface area contributed by atoms with Crippen LogP contribution >= 0.6 is 11.8 Å². The van der Waals surface area contributed by atoms with Gasteiger partial charge in [-0.25, -0.2) is 0 Å². The summed E-state index contributed by atoms with van der Waals surface area (Å²) in [7, 11) is 0. The minimum Gasteiger partial charge on any atom is -0.369 e. The molecular formula is C8H16N2OS. The van der Waals surface area contributed by atoms with Crippen LogP contribution in [0, 0.1) is 5.92 Å². The lowest BCUT2D eigenvalue weighted by Crippen LogP contribution is -2.39. The lowest BCUT2D eigenvalue weighted by atomic mass is 10.1. The third kappa shape index (κ3) is 3.03. The molecule has 1 unspecified atom stereocenters. The van der Waals surface area contributed by atoms with Gasteiger partial charge in [-0.1, -0.05) is 6.92 Å². The maximum Gasteiger partial charge on any atom is 0.221 e. The summed E-state index contributed by atoms with van der Waals surface area (Å²) in [4.78, 5) is 13.1. The summed E-state index contributed by atoms with van der Waals surface area (Å²) in [5.74, 6) is 2.18. The zero-order valence-electron chi connectivity index (χ0n) is 7.45. The minimum absolute atomic E-state index is 0.00639. The highest BCUT2D eigenvalue weighted by Crippen LogP contribution is 2.10. The standard InChI is InChI=1S/C8H16N2OS/c1-7(8(9)11)6-10-2-4-12-5-3-10/h7H,2-6H2,1H3,(H2,9,11). The number of rotatable bonds is 3. The Morgan fingerprint density at radius 2 is 2.17 bits per heavy atom. The molecule has 70 valence electrons. The largest absolute Gasteiger partial charge is 0.369 e. The van der Waals surface area contributed by atoms with Crippen molar-refractivity contribution in [3.05, 3.63) is 0 Å². The molecule has 4 heteroatoms. The zero-order chi connectivity index (χ0) is 8.97. The van der Waals surface area contributed by atoms with Gasteiger partial charge in [0.25, 0.3) is 0 Å². The Kier molecular flexibility index (Phi) is 3.88. The summed E-state index contributed by atoms with van der Waals surface area (Å²) in [5.41, 5.74) is 5.18. The Balaban J connectivity index is 2.24. The molecule has 1 atom stereocenters. The van der Waals surface area contributed by atoms with E-state index in [-0.39, 0.29) is 11.8 Å². The maximum atomic E-state index is 10.8. The molecule has 3 nitrogen and oxygen atoms in total. The molecule has 0 aromatic rings. The van der Waals surface area contributed by atoms with Crippen molar-refractivity contribution in [3.63, 3.8) is 0 Å². The van der Waals surface area contributed by atoms with Gasteiger partial charge in [0.05, 0.1) is 0 Å². The van der Waals surface area contributed by atoms with Crippen LogP contribution in [0.3, 0.4) is 0 Å². The zero-order valence-corrected chi connectivity index (χ0v) is 8.27. The lowest BCUT2D eigenvalue weighted by molar-refractivity contribution is -0.121. The van der Waals surface area contributed by atoms with Crippen LogP contribution in [0.2, 0.25) is 0 Å². The Bertz CT molecular complexity index is 157. The van der Waals surface area contributed by atoms with Gasteiger partial charge in [-0.15, -0.1) is 0 Å². The average molecular weight is 188 g/mol. The van der Waals surface area contributed by atoms with Gasteiger partial charge in [-0.3, -0.25) is 4.79 Å². The van der Waals surface area contributed by atoms with E-state index in [2.05, 4.69) is 4.90 Å². The molecule has 1 aliphatic rings. The highest BCUT2D eigenvalue weighted by molar-refractivity contribution is 7.99. The second-order valence-electron chi connectivity index (χ2n) is 3.22. The molecule has 0 aromatic heterocycles. The number of primary amides is 1. The van der Waals surface area contributed by atoms with Crippen LogP contribution in [0.4, 0.5) is 0 Å². The Morgan fingerprint density at radius 1 is 1.58 bits per heavy atom. The van der Waals surface area contributed by atoms with Crippen molar-refractivity contribution >= 4 is 17.7 Å². The van der Waals surface area contributed by atoms with Crippen molar-refractivity contribution < 1.29 is 4.79 Å². The topological polar surface area (TPSA) is 46.3 Å². The third-order valence-corrected chi connectivity index (χ3v) is 3.06.